The molecule has 32 heavy (non-hydrogen) atoms. The third-order valence-electron chi connectivity index (χ3n) is 7.81. The zero-order chi connectivity index (χ0) is 21.7. The highest BCUT2D eigenvalue weighted by Crippen LogP contribution is 2.40. The quantitative estimate of drug-likeness (QED) is 0.621. The van der Waals surface area contributed by atoms with Crippen molar-refractivity contribution < 1.29 is 4.79 Å². The van der Waals surface area contributed by atoms with Crippen molar-refractivity contribution in [1.82, 2.24) is 19.5 Å². The Morgan fingerprint density at radius 1 is 1.06 bits per heavy atom. The largest absolute Gasteiger partial charge is 0.366 e. The summed E-state index contributed by atoms with van der Waals surface area (Å²) < 4.78 is 1.96. The van der Waals surface area contributed by atoms with Crippen LogP contribution in [0.4, 0.5) is 5.69 Å². The lowest BCUT2D eigenvalue weighted by atomic mass is 9.82. The van der Waals surface area contributed by atoms with E-state index in [1.807, 2.05) is 15.6 Å². The average molecular weight is 430 g/mol. The van der Waals surface area contributed by atoms with Gasteiger partial charge in [-0.25, -0.2) is 4.52 Å². The summed E-state index contributed by atoms with van der Waals surface area (Å²) in [6.45, 7) is 5.71. The van der Waals surface area contributed by atoms with Crippen LogP contribution in [0, 0.1) is 5.92 Å². The van der Waals surface area contributed by atoms with Gasteiger partial charge in [-0.1, -0.05) is 25.8 Å². The monoisotopic (exact) mass is 429 g/mol. The predicted molar refractivity (Wildman–Crippen MR) is 126 cm³/mol. The first-order valence-electron chi connectivity index (χ1n) is 12.1. The molecule has 3 aromatic rings. The first kappa shape index (κ1) is 19.8. The highest BCUT2D eigenvalue weighted by atomic mass is 16.2. The summed E-state index contributed by atoms with van der Waals surface area (Å²) in [5.74, 6) is 0.660. The molecular weight excluding hydrogens is 398 g/mol. The van der Waals surface area contributed by atoms with Crippen molar-refractivity contribution in [3.63, 3.8) is 0 Å². The van der Waals surface area contributed by atoms with Crippen LogP contribution in [-0.4, -0.2) is 51.6 Å². The fraction of sp³-hybridized carbons (Fsp3) is 0.500. The zero-order valence-corrected chi connectivity index (χ0v) is 18.8. The van der Waals surface area contributed by atoms with Gasteiger partial charge in [0.15, 0.2) is 0 Å². The Bertz CT molecular complexity index is 1130. The number of amides is 1. The van der Waals surface area contributed by atoms with Crippen molar-refractivity contribution >= 4 is 17.1 Å². The van der Waals surface area contributed by atoms with Gasteiger partial charge in [-0.05, 0) is 54.9 Å². The number of anilines is 1. The molecule has 1 amide bonds. The van der Waals surface area contributed by atoms with E-state index >= 15 is 0 Å². The summed E-state index contributed by atoms with van der Waals surface area (Å²) in [5.41, 5.74) is 6.01. The maximum Gasteiger partial charge on any atom is 0.225 e. The predicted octanol–water partition coefficient (Wildman–Crippen LogP) is 4.29. The minimum absolute atomic E-state index is 0.286. The van der Waals surface area contributed by atoms with Gasteiger partial charge in [0.05, 0.1) is 16.9 Å². The van der Waals surface area contributed by atoms with Gasteiger partial charge in [0.25, 0.3) is 0 Å². The van der Waals surface area contributed by atoms with E-state index in [0.29, 0.717) is 11.8 Å². The number of rotatable bonds is 4. The second-order valence-electron chi connectivity index (χ2n) is 10.1. The Balaban J connectivity index is 1.23. The van der Waals surface area contributed by atoms with E-state index in [-0.39, 0.29) is 5.41 Å². The summed E-state index contributed by atoms with van der Waals surface area (Å²) in [6.07, 6.45) is 13.3. The minimum Gasteiger partial charge on any atom is -0.366 e. The number of carbonyl (C=O) groups excluding carboxylic acids is 1. The third kappa shape index (κ3) is 3.46. The molecule has 6 nitrogen and oxygen atoms in total. The maximum atomic E-state index is 12.4. The highest BCUT2D eigenvalue weighted by molar-refractivity contribution is 5.82. The second kappa shape index (κ2) is 7.61. The maximum absolute atomic E-state index is 12.4. The minimum atomic E-state index is 0.286. The van der Waals surface area contributed by atoms with Crippen molar-refractivity contribution in [1.29, 1.82) is 0 Å². The summed E-state index contributed by atoms with van der Waals surface area (Å²) in [4.78, 5) is 21.7. The molecule has 6 rings (SSSR count). The normalized spacial score (nSPS) is 20.8. The van der Waals surface area contributed by atoms with Crippen LogP contribution in [0.3, 0.4) is 0 Å². The van der Waals surface area contributed by atoms with Crippen LogP contribution < -0.4 is 4.90 Å². The molecule has 2 aliphatic carbocycles. The van der Waals surface area contributed by atoms with Gasteiger partial charge in [0.1, 0.15) is 0 Å². The first-order chi connectivity index (χ1) is 15.6. The number of hydrogen-bond donors (Lipinski definition) is 0. The number of nitrogens with zero attached hydrogens (tertiary/aromatic N) is 5. The van der Waals surface area contributed by atoms with Crippen molar-refractivity contribution in [2.75, 3.05) is 31.1 Å². The van der Waals surface area contributed by atoms with Gasteiger partial charge in [-0.3, -0.25) is 9.78 Å². The number of aromatic nitrogens is 3. The molecule has 2 saturated carbocycles. The van der Waals surface area contributed by atoms with Gasteiger partial charge < -0.3 is 9.80 Å². The van der Waals surface area contributed by atoms with Crippen LogP contribution in [0.2, 0.25) is 0 Å². The molecular formula is C26H31N5O. The van der Waals surface area contributed by atoms with E-state index in [9.17, 15) is 4.79 Å². The van der Waals surface area contributed by atoms with Gasteiger partial charge in [-0.15, -0.1) is 0 Å². The molecule has 166 valence electrons. The van der Waals surface area contributed by atoms with E-state index in [1.165, 1.54) is 36.9 Å². The summed E-state index contributed by atoms with van der Waals surface area (Å²) in [7, 11) is 0. The molecule has 6 heteroatoms. The number of piperazine rings is 1. The Kier molecular flexibility index (Phi) is 4.70. The number of hydrogen-bond acceptors (Lipinski definition) is 4. The van der Waals surface area contributed by atoms with Crippen LogP contribution in [0.1, 0.15) is 51.0 Å². The molecule has 3 aliphatic rings. The van der Waals surface area contributed by atoms with Crippen molar-refractivity contribution in [2.24, 2.45) is 5.92 Å². The first-order valence-corrected chi connectivity index (χ1v) is 12.1. The van der Waals surface area contributed by atoms with E-state index in [1.54, 1.807) is 0 Å². The van der Waals surface area contributed by atoms with Crippen molar-refractivity contribution in [2.45, 2.75) is 50.9 Å². The fourth-order valence-electron chi connectivity index (χ4n) is 5.53. The van der Waals surface area contributed by atoms with Crippen molar-refractivity contribution in [3.05, 3.63) is 48.4 Å². The van der Waals surface area contributed by atoms with Crippen LogP contribution in [0.5, 0.6) is 0 Å². The average Bonchev–Trinajstić information content (AvgIpc) is 3.43. The Morgan fingerprint density at radius 3 is 2.53 bits per heavy atom. The van der Waals surface area contributed by atoms with Crippen LogP contribution in [0.15, 0.2) is 42.9 Å². The molecule has 0 aromatic carbocycles. The van der Waals surface area contributed by atoms with E-state index in [0.717, 1.165) is 55.8 Å². The van der Waals surface area contributed by atoms with E-state index in [4.69, 9.17) is 4.98 Å². The lowest BCUT2D eigenvalue weighted by Gasteiger charge is -2.36. The standard InChI is InChI=1S/C26H31N5O/c1-26(9-2-3-10-26)21-6-7-22(27-17-21)20-16-24-23(8-11-28-31(24)18-20)29-12-14-30(15-13-29)25(32)19-4-5-19/h6-8,11,16-19H,2-5,9-10,12-15H2,1H3. The van der Waals surface area contributed by atoms with Crippen molar-refractivity contribution in [3.8, 4) is 11.3 Å². The summed E-state index contributed by atoms with van der Waals surface area (Å²) in [5, 5.41) is 4.55. The molecule has 0 atom stereocenters. The van der Waals surface area contributed by atoms with Gasteiger partial charge in [0, 0.05) is 56.3 Å². The van der Waals surface area contributed by atoms with Gasteiger partial charge in [0.2, 0.25) is 5.91 Å². The Morgan fingerprint density at radius 2 is 1.84 bits per heavy atom. The molecule has 3 fully saturated rings. The smallest absolute Gasteiger partial charge is 0.225 e. The summed E-state index contributed by atoms with van der Waals surface area (Å²) in [6, 6.07) is 8.72. The molecule has 1 saturated heterocycles. The van der Waals surface area contributed by atoms with Gasteiger partial charge in [-0.2, -0.15) is 5.10 Å². The van der Waals surface area contributed by atoms with Crippen LogP contribution in [-0.2, 0) is 10.2 Å². The molecule has 1 aliphatic heterocycles. The molecule has 0 radical (unpaired) electrons. The number of pyridine rings is 1. The number of carbonyl (C=O) groups is 1. The second-order valence-corrected chi connectivity index (χ2v) is 10.1. The lowest BCUT2D eigenvalue weighted by molar-refractivity contribution is -0.132. The summed E-state index contributed by atoms with van der Waals surface area (Å²) >= 11 is 0. The molecule has 0 bridgehead atoms. The topological polar surface area (TPSA) is 53.7 Å². The molecule has 4 heterocycles. The van der Waals surface area contributed by atoms with Crippen LogP contribution >= 0.6 is 0 Å². The molecule has 3 aromatic heterocycles. The fourth-order valence-corrected chi connectivity index (χ4v) is 5.53. The van der Waals surface area contributed by atoms with E-state index < -0.39 is 0 Å². The molecule has 0 N–H and O–H groups in total. The Hall–Kier alpha value is -2.89. The van der Waals surface area contributed by atoms with E-state index in [2.05, 4.69) is 53.6 Å². The third-order valence-corrected chi connectivity index (χ3v) is 7.81. The SMILES string of the molecule is CC1(c2ccc(-c3cc4c(N5CCN(C(=O)C6CC6)CC5)ccnn4c3)nc2)CCCC1. The van der Waals surface area contributed by atoms with Crippen LogP contribution in [0.25, 0.3) is 16.8 Å². The highest BCUT2D eigenvalue weighted by Gasteiger charge is 2.35. The number of fused-ring (bicyclic) bond motifs is 1. The zero-order valence-electron chi connectivity index (χ0n) is 18.8. The van der Waals surface area contributed by atoms with Gasteiger partial charge >= 0.3 is 0 Å². The lowest BCUT2D eigenvalue weighted by Crippen LogP contribution is -2.49. The molecule has 0 unspecified atom stereocenters. The Labute approximate surface area is 189 Å². The molecule has 0 spiro atoms.